The Kier molecular flexibility index (Phi) is 4.23. The second-order valence-corrected chi connectivity index (χ2v) is 4.92. The standard InChI is InChI=1S/C14H7BrF4O/c15-8-2-4-10(17)13(14(8)19)12(20)6-7-1-3-9(16)11(18)5-7/h1-5H,6H2. The minimum absolute atomic E-state index is 0.0486. The molecule has 2 rings (SSSR count). The van der Waals surface area contributed by atoms with Crippen LogP contribution < -0.4 is 0 Å². The summed E-state index contributed by atoms with van der Waals surface area (Å²) in [6.07, 6.45) is -0.429. The Labute approximate surface area is 120 Å². The van der Waals surface area contributed by atoms with Crippen molar-refractivity contribution in [3.8, 4) is 0 Å². The van der Waals surface area contributed by atoms with Gasteiger partial charge in [-0.1, -0.05) is 6.07 Å². The molecule has 0 atom stereocenters. The molecule has 0 aliphatic heterocycles. The minimum Gasteiger partial charge on any atom is -0.294 e. The van der Waals surface area contributed by atoms with Crippen LogP contribution in [0.2, 0.25) is 0 Å². The van der Waals surface area contributed by atoms with Gasteiger partial charge in [-0.15, -0.1) is 0 Å². The highest BCUT2D eigenvalue weighted by atomic mass is 79.9. The summed E-state index contributed by atoms with van der Waals surface area (Å²) in [6.45, 7) is 0. The van der Waals surface area contributed by atoms with E-state index < -0.39 is 41.0 Å². The normalized spacial score (nSPS) is 10.7. The number of rotatable bonds is 3. The molecule has 0 heterocycles. The molecule has 0 saturated heterocycles. The Morgan fingerprint density at radius 1 is 0.950 bits per heavy atom. The van der Waals surface area contributed by atoms with Crippen LogP contribution in [0.3, 0.4) is 0 Å². The van der Waals surface area contributed by atoms with Crippen LogP contribution in [0.1, 0.15) is 15.9 Å². The van der Waals surface area contributed by atoms with Gasteiger partial charge in [0.25, 0.3) is 0 Å². The second-order valence-electron chi connectivity index (χ2n) is 4.07. The van der Waals surface area contributed by atoms with Gasteiger partial charge in [-0.2, -0.15) is 0 Å². The number of hydrogen-bond donors (Lipinski definition) is 0. The van der Waals surface area contributed by atoms with Gasteiger partial charge in [-0.25, -0.2) is 17.6 Å². The van der Waals surface area contributed by atoms with E-state index in [4.69, 9.17) is 0 Å². The highest BCUT2D eigenvalue weighted by molar-refractivity contribution is 9.10. The van der Waals surface area contributed by atoms with Crippen LogP contribution in [0.25, 0.3) is 0 Å². The molecule has 0 spiro atoms. The number of benzene rings is 2. The summed E-state index contributed by atoms with van der Waals surface area (Å²) in [7, 11) is 0. The molecule has 0 N–H and O–H groups in total. The van der Waals surface area contributed by atoms with E-state index in [9.17, 15) is 22.4 Å². The molecule has 0 amide bonds. The molecular formula is C14H7BrF4O. The van der Waals surface area contributed by atoms with Crippen LogP contribution in [-0.4, -0.2) is 5.78 Å². The SMILES string of the molecule is O=C(Cc1ccc(F)c(F)c1)c1c(F)ccc(Br)c1F. The average Bonchev–Trinajstić information content (AvgIpc) is 2.39. The molecule has 20 heavy (non-hydrogen) atoms. The maximum Gasteiger partial charge on any atom is 0.173 e. The Morgan fingerprint density at radius 2 is 1.60 bits per heavy atom. The zero-order valence-electron chi connectivity index (χ0n) is 9.89. The van der Waals surface area contributed by atoms with E-state index in [-0.39, 0.29) is 10.0 Å². The van der Waals surface area contributed by atoms with Gasteiger partial charge in [0.2, 0.25) is 0 Å². The van der Waals surface area contributed by atoms with E-state index in [0.29, 0.717) is 0 Å². The minimum atomic E-state index is -1.12. The van der Waals surface area contributed by atoms with Crippen molar-refractivity contribution in [3.63, 3.8) is 0 Å². The van der Waals surface area contributed by atoms with Crippen molar-refractivity contribution in [2.75, 3.05) is 0 Å². The van der Waals surface area contributed by atoms with Gasteiger partial charge in [0.05, 0.1) is 10.0 Å². The smallest absolute Gasteiger partial charge is 0.173 e. The molecular weight excluding hydrogens is 340 g/mol. The summed E-state index contributed by atoms with van der Waals surface area (Å²) in [5.74, 6) is -5.05. The predicted octanol–water partition coefficient (Wildman–Crippen LogP) is 4.43. The number of halogens is 5. The lowest BCUT2D eigenvalue weighted by molar-refractivity contribution is 0.0984. The van der Waals surface area contributed by atoms with Gasteiger partial charge in [0, 0.05) is 6.42 Å². The molecule has 6 heteroatoms. The molecule has 0 saturated carbocycles. The number of carbonyl (C=O) groups is 1. The summed E-state index contributed by atoms with van der Waals surface area (Å²) >= 11 is 2.85. The van der Waals surface area contributed by atoms with E-state index in [1.165, 1.54) is 6.07 Å². The van der Waals surface area contributed by atoms with Crippen molar-refractivity contribution in [3.05, 3.63) is 69.2 Å². The molecule has 0 bridgehead atoms. The van der Waals surface area contributed by atoms with E-state index in [1.807, 2.05) is 0 Å². The third-order valence-electron chi connectivity index (χ3n) is 2.67. The van der Waals surface area contributed by atoms with Crippen molar-refractivity contribution < 1.29 is 22.4 Å². The lowest BCUT2D eigenvalue weighted by atomic mass is 10.0. The maximum absolute atomic E-state index is 13.7. The number of ketones is 1. The van der Waals surface area contributed by atoms with Gasteiger partial charge in [0.1, 0.15) is 5.82 Å². The number of hydrogen-bond acceptors (Lipinski definition) is 1. The fourth-order valence-electron chi connectivity index (χ4n) is 1.71. The Bertz CT molecular complexity index is 685. The van der Waals surface area contributed by atoms with E-state index >= 15 is 0 Å². The summed E-state index contributed by atoms with van der Waals surface area (Å²) < 4.78 is 52.9. The van der Waals surface area contributed by atoms with Crippen LogP contribution in [0.15, 0.2) is 34.8 Å². The third kappa shape index (κ3) is 2.90. The quantitative estimate of drug-likeness (QED) is 0.456. The van der Waals surface area contributed by atoms with Gasteiger partial charge in [0.15, 0.2) is 23.2 Å². The number of Topliss-reactive ketones (excluding diaryl/α,β-unsaturated/α-hetero) is 1. The first-order valence-electron chi connectivity index (χ1n) is 5.50. The predicted molar refractivity (Wildman–Crippen MR) is 68.5 cm³/mol. The first-order chi connectivity index (χ1) is 9.40. The molecule has 2 aromatic carbocycles. The van der Waals surface area contributed by atoms with E-state index in [1.54, 1.807) is 0 Å². The molecule has 2 aromatic rings. The monoisotopic (exact) mass is 346 g/mol. The number of carbonyl (C=O) groups excluding carboxylic acids is 1. The van der Waals surface area contributed by atoms with Crippen molar-refractivity contribution in [2.24, 2.45) is 0 Å². The topological polar surface area (TPSA) is 17.1 Å². The zero-order valence-corrected chi connectivity index (χ0v) is 11.5. The third-order valence-corrected chi connectivity index (χ3v) is 3.28. The molecule has 0 fully saturated rings. The molecule has 1 nitrogen and oxygen atoms in total. The summed E-state index contributed by atoms with van der Waals surface area (Å²) in [4.78, 5) is 11.9. The lowest BCUT2D eigenvalue weighted by Crippen LogP contribution is -2.10. The molecule has 0 aromatic heterocycles. The van der Waals surface area contributed by atoms with Crippen LogP contribution in [0.5, 0.6) is 0 Å². The average molecular weight is 347 g/mol. The van der Waals surface area contributed by atoms with Crippen molar-refractivity contribution in [1.29, 1.82) is 0 Å². The second kappa shape index (κ2) is 5.75. The molecule has 0 radical (unpaired) electrons. The summed E-state index contributed by atoms with van der Waals surface area (Å²) in [6, 6.07) is 4.95. The van der Waals surface area contributed by atoms with Crippen molar-refractivity contribution >= 4 is 21.7 Å². The Balaban J connectivity index is 2.33. The fourth-order valence-corrected chi connectivity index (χ4v) is 2.04. The van der Waals surface area contributed by atoms with Crippen LogP contribution in [0.4, 0.5) is 17.6 Å². The summed E-state index contributed by atoms with van der Waals surface area (Å²) in [5, 5.41) is 0. The van der Waals surface area contributed by atoms with Gasteiger partial charge in [-0.3, -0.25) is 4.79 Å². The Morgan fingerprint density at radius 3 is 2.25 bits per heavy atom. The molecule has 0 aliphatic rings. The molecule has 0 unspecified atom stereocenters. The summed E-state index contributed by atoms with van der Waals surface area (Å²) in [5.41, 5.74) is -0.572. The highest BCUT2D eigenvalue weighted by Crippen LogP contribution is 2.23. The largest absolute Gasteiger partial charge is 0.294 e. The van der Waals surface area contributed by atoms with E-state index in [2.05, 4.69) is 15.9 Å². The van der Waals surface area contributed by atoms with Crippen molar-refractivity contribution in [2.45, 2.75) is 6.42 Å². The first kappa shape index (κ1) is 14.7. The van der Waals surface area contributed by atoms with Gasteiger partial charge < -0.3 is 0 Å². The van der Waals surface area contributed by atoms with Crippen LogP contribution in [-0.2, 0) is 6.42 Å². The van der Waals surface area contributed by atoms with E-state index in [0.717, 1.165) is 24.3 Å². The Hall–Kier alpha value is -1.69. The van der Waals surface area contributed by atoms with Gasteiger partial charge in [-0.05, 0) is 45.8 Å². The van der Waals surface area contributed by atoms with Crippen molar-refractivity contribution in [1.82, 2.24) is 0 Å². The van der Waals surface area contributed by atoms with Crippen LogP contribution >= 0.6 is 15.9 Å². The van der Waals surface area contributed by atoms with Gasteiger partial charge >= 0.3 is 0 Å². The van der Waals surface area contributed by atoms with Crippen LogP contribution in [0, 0.1) is 23.3 Å². The zero-order chi connectivity index (χ0) is 14.9. The maximum atomic E-state index is 13.7. The highest BCUT2D eigenvalue weighted by Gasteiger charge is 2.20. The fraction of sp³-hybridized carbons (Fsp3) is 0.0714. The first-order valence-corrected chi connectivity index (χ1v) is 6.30. The molecule has 104 valence electrons. The molecule has 0 aliphatic carbocycles. The lowest BCUT2D eigenvalue weighted by Gasteiger charge is -2.06.